The molecule has 0 aromatic heterocycles. The second-order valence-corrected chi connectivity index (χ2v) is 7.39. The number of hydrogen-bond acceptors (Lipinski definition) is 2. The van der Waals surface area contributed by atoms with Crippen LogP contribution in [0.5, 0.6) is 0 Å². The predicted molar refractivity (Wildman–Crippen MR) is 89.5 cm³/mol. The van der Waals surface area contributed by atoms with Gasteiger partial charge < -0.3 is 5.32 Å². The largest absolute Gasteiger partial charge is 0.356 e. The molecule has 0 fully saturated rings. The first-order valence-corrected chi connectivity index (χ1v) is 8.53. The van der Waals surface area contributed by atoms with Crippen molar-refractivity contribution in [2.45, 2.75) is 46.0 Å². The molecule has 0 unspecified atom stereocenters. The fraction of sp³-hybridized carbons (Fsp3) is 0.588. The maximum absolute atomic E-state index is 11.6. The molecule has 20 heavy (non-hydrogen) atoms. The summed E-state index contributed by atoms with van der Waals surface area (Å²) in [6, 6.07) is 8.71. The summed E-state index contributed by atoms with van der Waals surface area (Å²) in [7, 11) is 0. The molecule has 3 heteroatoms. The summed E-state index contributed by atoms with van der Waals surface area (Å²) in [6.45, 7) is 9.50. The number of benzene rings is 1. The quantitative estimate of drug-likeness (QED) is 0.775. The molecule has 1 rings (SSSR count). The number of hydrogen-bond donors (Lipinski definition) is 1. The lowest BCUT2D eigenvalue weighted by molar-refractivity contribution is -0.120. The van der Waals surface area contributed by atoms with Crippen LogP contribution in [0.2, 0.25) is 0 Å². The summed E-state index contributed by atoms with van der Waals surface area (Å²) in [4.78, 5) is 11.6. The molecule has 1 N–H and O–H groups in total. The second kappa shape index (κ2) is 8.35. The number of amides is 1. The second-order valence-electron chi connectivity index (χ2n) is 5.99. The van der Waals surface area contributed by atoms with Crippen molar-refractivity contribution < 1.29 is 4.79 Å². The summed E-state index contributed by atoms with van der Waals surface area (Å²) in [5, 5.41) is 2.98. The van der Waals surface area contributed by atoms with Crippen molar-refractivity contribution in [3.05, 3.63) is 35.4 Å². The van der Waals surface area contributed by atoms with Gasteiger partial charge in [-0.25, -0.2) is 0 Å². The van der Waals surface area contributed by atoms with Crippen LogP contribution >= 0.6 is 11.8 Å². The Hall–Kier alpha value is -0.960. The van der Waals surface area contributed by atoms with Gasteiger partial charge in [-0.15, -0.1) is 0 Å². The number of carbonyl (C=O) groups is 1. The first-order chi connectivity index (χ1) is 9.43. The Bertz CT molecular complexity index is 406. The third-order valence-corrected chi connectivity index (χ3v) is 4.13. The number of rotatable bonds is 7. The highest BCUT2D eigenvalue weighted by molar-refractivity contribution is 7.99. The van der Waals surface area contributed by atoms with Gasteiger partial charge in [0.1, 0.15) is 0 Å². The Morgan fingerprint density at radius 3 is 2.40 bits per heavy atom. The summed E-state index contributed by atoms with van der Waals surface area (Å²) in [6.07, 6.45) is 1.53. The van der Waals surface area contributed by atoms with Gasteiger partial charge in [0.25, 0.3) is 0 Å². The molecule has 0 saturated carbocycles. The van der Waals surface area contributed by atoms with Crippen molar-refractivity contribution in [3.63, 3.8) is 0 Å². The van der Waals surface area contributed by atoms with Gasteiger partial charge in [-0.2, -0.15) is 11.8 Å². The molecule has 0 aliphatic rings. The van der Waals surface area contributed by atoms with E-state index < -0.39 is 0 Å². The van der Waals surface area contributed by atoms with Crippen molar-refractivity contribution >= 4 is 17.7 Å². The lowest BCUT2D eigenvalue weighted by atomic mass is 9.86. The topological polar surface area (TPSA) is 29.1 Å². The van der Waals surface area contributed by atoms with Crippen molar-refractivity contribution in [2.75, 3.05) is 18.1 Å². The molecule has 1 amide bonds. The number of carbonyl (C=O) groups excluding carboxylic acids is 1. The van der Waals surface area contributed by atoms with E-state index in [-0.39, 0.29) is 11.3 Å². The molecule has 0 heterocycles. The fourth-order valence-corrected chi connectivity index (χ4v) is 2.53. The minimum Gasteiger partial charge on any atom is -0.356 e. The Morgan fingerprint density at radius 1 is 1.20 bits per heavy atom. The van der Waals surface area contributed by atoms with Crippen molar-refractivity contribution in [2.24, 2.45) is 0 Å². The van der Waals surface area contributed by atoms with Gasteiger partial charge in [0.05, 0.1) is 0 Å². The van der Waals surface area contributed by atoms with E-state index in [0.29, 0.717) is 6.42 Å². The van der Waals surface area contributed by atoms with E-state index in [9.17, 15) is 4.79 Å². The maximum atomic E-state index is 11.6. The van der Waals surface area contributed by atoms with E-state index in [2.05, 4.69) is 57.3 Å². The highest BCUT2D eigenvalue weighted by atomic mass is 32.2. The third kappa shape index (κ3) is 6.47. The molecule has 0 saturated heterocycles. The molecule has 1 aromatic carbocycles. The summed E-state index contributed by atoms with van der Waals surface area (Å²) >= 11 is 1.81. The Labute approximate surface area is 127 Å². The smallest absolute Gasteiger partial charge is 0.220 e. The Balaban J connectivity index is 2.30. The van der Waals surface area contributed by atoms with E-state index in [0.717, 1.165) is 24.5 Å². The Morgan fingerprint density at radius 2 is 1.85 bits per heavy atom. The van der Waals surface area contributed by atoms with Gasteiger partial charge in [0.15, 0.2) is 0 Å². The lowest BCUT2D eigenvalue weighted by Gasteiger charge is -2.19. The van der Waals surface area contributed by atoms with Gasteiger partial charge in [-0.05, 0) is 28.7 Å². The third-order valence-electron chi connectivity index (χ3n) is 3.23. The highest BCUT2D eigenvalue weighted by Gasteiger charge is 2.12. The number of thioether (sulfide) groups is 1. The van der Waals surface area contributed by atoms with Crippen LogP contribution in [-0.2, 0) is 16.6 Å². The van der Waals surface area contributed by atoms with Crippen molar-refractivity contribution in [1.82, 2.24) is 5.32 Å². The SMILES string of the molecule is CCSCCC(=O)NCCc1ccc(C(C)(C)C)cc1. The van der Waals surface area contributed by atoms with Gasteiger partial charge in [0.2, 0.25) is 5.91 Å². The van der Waals surface area contributed by atoms with Crippen LogP contribution in [-0.4, -0.2) is 24.0 Å². The average molecular weight is 293 g/mol. The van der Waals surface area contributed by atoms with E-state index >= 15 is 0 Å². The maximum Gasteiger partial charge on any atom is 0.220 e. The van der Waals surface area contributed by atoms with Crippen LogP contribution < -0.4 is 5.32 Å². The summed E-state index contributed by atoms with van der Waals surface area (Å²) in [5.41, 5.74) is 2.83. The molecule has 0 bridgehead atoms. The zero-order valence-electron chi connectivity index (χ0n) is 13.2. The van der Waals surface area contributed by atoms with Crippen LogP contribution in [0.1, 0.15) is 45.2 Å². The van der Waals surface area contributed by atoms with Crippen molar-refractivity contribution in [1.29, 1.82) is 0 Å². The molecular weight excluding hydrogens is 266 g/mol. The lowest BCUT2D eigenvalue weighted by Crippen LogP contribution is -2.25. The van der Waals surface area contributed by atoms with Crippen LogP contribution in [0.4, 0.5) is 0 Å². The standard InChI is InChI=1S/C17H27NOS/c1-5-20-13-11-16(19)18-12-10-14-6-8-15(9-7-14)17(2,3)4/h6-9H,5,10-13H2,1-4H3,(H,18,19). The van der Waals surface area contributed by atoms with E-state index in [1.54, 1.807) is 0 Å². The Kier molecular flexibility index (Phi) is 7.14. The number of nitrogens with one attached hydrogen (secondary N) is 1. The van der Waals surface area contributed by atoms with Gasteiger partial charge in [0, 0.05) is 18.7 Å². The van der Waals surface area contributed by atoms with E-state index in [4.69, 9.17) is 0 Å². The zero-order valence-corrected chi connectivity index (χ0v) is 14.0. The molecule has 112 valence electrons. The van der Waals surface area contributed by atoms with Crippen LogP contribution in [0.25, 0.3) is 0 Å². The van der Waals surface area contributed by atoms with Gasteiger partial charge >= 0.3 is 0 Å². The minimum absolute atomic E-state index is 0.164. The zero-order chi connectivity index (χ0) is 15.0. The van der Waals surface area contributed by atoms with E-state index in [1.165, 1.54) is 11.1 Å². The van der Waals surface area contributed by atoms with Gasteiger partial charge in [-0.3, -0.25) is 4.79 Å². The van der Waals surface area contributed by atoms with E-state index in [1.807, 2.05) is 11.8 Å². The first-order valence-electron chi connectivity index (χ1n) is 7.37. The molecule has 2 nitrogen and oxygen atoms in total. The molecule has 0 aliphatic heterocycles. The fourth-order valence-electron chi connectivity index (χ4n) is 1.92. The minimum atomic E-state index is 0.164. The molecule has 0 atom stereocenters. The van der Waals surface area contributed by atoms with Crippen LogP contribution in [0.15, 0.2) is 24.3 Å². The molecular formula is C17H27NOS. The monoisotopic (exact) mass is 293 g/mol. The predicted octanol–water partition coefficient (Wildman–Crippen LogP) is 3.79. The van der Waals surface area contributed by atoms with Gasteiger partial charge in [-0.1, -0.05) is 52.0 Å². The van der Waals surface area contributed by atoms with Crippen molar-refractivity contribution in [3.8, 4) is 0 Å². The normalized spacial score (nSPS) is 11.4. The molecule has 0 aliphatic carbocycles. The summed E-state index contributed by atoms with van der Waals surface area (Å²) in [5.74, 6) is 2.16. The molecule has 0 spiro atoms. The molecule has 1 aromatic rings. The first kappa shape index (κ1) is 17.1. The average Bonchev–Trinajstić information content (AvgIpc) is 2.38. The summed E-state index contributed by atoms with van der Waals surface area (Å²) < 4.78 is 0. The molecule has 0 radical (unpaired) electrons. The van der Waals surface area contributed by atoms with Crippen LogP contribution in [0.3, 0.4) is 0 Å². The van der Waals surface area contributed by atoms with Crippen LogP contribution in [0, 0.1) is 0 Å². The highest BCUT2D eigenvalue weighted by Crippen LogP contribution is 2.22.